The molecule has 2 aromatic rings. The largest absolute Gasteiger partial charge is 0.361 e. The monoisotopic (exact) mass is 331 g/mol. The van der Waals surface area contributed by atoms with Crippen LogP contribution in [0.1, 0.15) is 67.4 Å². The number of hydrogen-bond acceptors (Lipinski definition) is 5. The minimum atomic E-state index is 0.00759. The molecule has 1 amide bonds. The number of aromatic nitrogens is 4. The van der Waals surface area contributed by atoms with E-state index in [1.54, 1.807) is 6.33 Å². The molecule has 0 aromatic carbocycles. The molecule has 7 heteroatoms. The maximum absolute atomic E-state index is 12.1. The lowest BCUT2D eigenvalue weighted by Gasteiger charge is -2.24. The zero-order valence-electron chi connectivity index (χ0n) is 14.4. The first kappa shape index (κ1) is 16.7. The van der Waals surface area contributed by atoms with Crippen molar-refractivity contribution >= 4 is 5.91 Å². The van der Waals surface area contributed by atoms with Crippen LogP contribution in [0.25, 0.3) is 0 Å². The number of carbonyl (C=O) groups is 1. The molecule has 2 heterocycles. The molecule has 3 rings (SSSR count). The second-order valence-electron chi connectivity index (χ2n) is 6.53. The molecule has 1 aliphatic rings. The maximum Gasteiger partial charge on any atom is 0.220 e. The molecule has 0 spiro atoms. The summed E-state index contributed by atoms with van der Waals surface area (Å²) in [6.45, 7) is 4.20. The number of aryl methyl sites for hydroxylation is 2. The van der Waals surface area contributed by atoms with Crippen LogP contribution in [0.5, 0.6) is 0 Å². The second kappa shape index (κ2) is 7.59. The van der Waals surface area contributed by atoms with Crippen LogP contribution >= 0.6 is 0 Å². The second-order valence-corrected chi connectivity index (χ2v) is 6.53. The summed E-state index contributed by atoms with van der Waals surface area (Å²) in [4.78, 5) is 12.1. The fourth-order valence-electron chi connectivity index (χ4n) is 3.42. The highest BCUT2D eigenvalue weighted by atomic mass is 16.5. The van der Waals surface area contributed by atoms with Gasteiger partial charge >= 0.3 is 0 Å². The van der Waals surface area contributed by atoms with E-state index in [0.29, 0.717) is 25.4 Å². The Bertz CT molecular complexity index is 665. The van der Waals surface area contributed by atoms with Crippen LogP contribution < -0.4 is 5.32 Å². The summed E-state index contributed by atoms with van der Waals surface area (Å²) in [6, 6.07) is 0.475. The summed E-state index contributed by atoms with van der Waals surface area (Å²) in [5.74, 6) is 1.64. The molecule has 2 aromatic heterocycles. The number of hydrogen-bond donors (Lipinski definition) is 1. The van der Waals surface area contributed by atoms with E-state index in [-0.39, 0.29) is 5.91 Å². The molecule has 130 valence electrons. The van der Waals surface area contributed by atoms with Crippen molar-refractivity contribution in [1.29, 1.82) is 0 Å². The van der Waals surface area contributed by atoms with Gasteiger partial charge in [0.25, 0.3) is 0 Å². The smallest absolute Gasteiger partial charge is 0.220 e. The van der Waals surface area contributed by atoms with Gasteiger partial charge in [-0.05, 0) is 33.1 Å². The Labute approximate surface area is 141 Å². The highest BCUT2D eigenvalue weighted by molar-refractivity contribution is 5.76. The van der Waals surface area contributed by atoms with Gasteiger partial charge in [0.15, 0.2) is 5.82 Å². The van der Waals surface area contributed by atoms with Crippen LogP contribution in [0.2, 0.25) is 0 Å². The van der Waals surface area contributed by atoms with Crippen molar-refractivity contribution in [3.8, 4) is 0 Å². The van der Waals surface area contributed by atoms with Crippen molar-refractivity contribution in [2.45, 2.75) is 71.4 Å². The Balaban J connectivity index is 1.51. The van der Waals surface area contributed by atoms with Crippen molar-refractivity contribution in [3.63, 3.8) is 0 Å². The predicted octanol–water partition coefficient (Wildman–Crippen LogP) is 2.64. The third-order valence-electron chi connectivity index (χ3n) is 4.84. The molecule has 1 aliphatic carbocycles. The average Bonchev–Trinajstić information content (AvgIpc) is 3.19. The Hall–Kier alpha value is -2.18. The van der Waals surface area contributed by atoms with Crippen molar-refractivity contribution in [2.75, 3.05) is 0 Å². The maximum atomic E-state index is 12.1. The van der Waals surface area contributed by atoms with Crippen LogP contribution in [0.3, 0.4) is 0 Å². The van der Waals surface area contributed by atoms with E-state index in [9.17, 15) is 4.79 Å². The molecular formula is C17H25N5O2. The van der Waals surface area contributed by atoms with Gasteiger partial charge in [0, 0.05) is 18.0 Å². The van der Waals surface area contributed by atoms with Crippen molar-refractivity contribution in [2.24, 2.45) is 0 Å². The van der Waals surface area contributed by atoms with Gasteiger partial charge in [0.1, 0.15) is 12.1 Å². The standard InChI is InChI=1S/C17H25N5O2/c1-12-15(13(2)24-21-12)8-9-17(23)18-10-16-20-19-11-22(16)14-6-4-3-5-7-14/h11,14H,3-10H2,1-2H3,(H,18,23). The van der Waals surface area contributed by atoms with Gasteiger partial charge in [-0.1, -0.05) is 24.4 Å². The molecule has 0 bridgehead atoms. The molecule has 7 nitrogen and oxygen atoms in total. The molecular weight excluding hydrogens is 306 g/mol. The third kappa shape index (κ3) is 3.83. The highest BCUT2D eigenvalue weighted by Gasteiger charge is 2.19. The van der Waals surface area contributed by atoms with E-state index < -0.39 is 0 Å². The lowest BCUT2D eigenvalue weighted by atomic mass is 9.95. The van der Waals surface area contributed by atoms with Gasteiger partial charge in [-0.25, -0.2) is 0 Å². The molecule has 1 N–H and O–H groups in total. The van der Waals surface area contributed by atoms with Crippen molar-refractivity contribution in [1.82, 2.24) is 25.2 Å². The summed E-state index contributed by atoms with van der Waals surface area (Å²) < 4.78 is 7.26. The highest BCUT2D eigenvalue weighted by Crippen LogP contribution is 2.28. The Morgan fingerprint density at radius 3 is 2.83 bits per heavy atom. The molecule has 0 saturated heterocycles. The van der Waals surface area contributed by atoms with Gasteiger partial charge in [-0.3, -0.25) is 4.79 Å². The average molecular weight is 331 g/mol. The molecule has 1 saturated carbocycles. The van der Waals surface area contributed by atoms with E-state index in [1.165, 1.54) is 32.1 Å². The lowest BCUT2D eigenvalue weighted by Crippen LogP contribution is -2.26. The van der Waals surface area contributed by atoms with Gasteiger partial charge in [-0.2, -0.15) is 0 Å². The number of carbonyl (C=O) groups excluding carboxylic acids is 1. The van der Waals surface area contributed by atoms with Crippen LogP contribution in [0.15, 0.2) is 10.9 Å². The SMILES string of the molecule is Cc1noc(C)c1CCC(=O)NCc1nncn1C1CCCCC1. The lowest BCUT2D eigenvalue weighted by molar-refractivity contribution is -0.121. The first-order chi connectivity index (χ1) is 11.6. The van der Waals surface area contributed by atoms with E-state index >= 15 is 0 Å². The van der Waals surface area contributed by atoms with Crippen LogP contribution in [0, 0.1) is 13.8 Å². The van der Waals surface area contributed by atoms with Crippen LogP contribution in [0.4, 0.5) is 0 Å². The summed E-state index contributed by atoms with van der Waals surface area (Å²) in [7, 11) is 0. The van der Waals surface area contributed by atoms with Gasteiger partial charge in [0.05, 0.1) is 12.2 Å². The predicted molar refractivity (Wildman–Crippen MR) is 88.3 cm³/mol. The van der Waals surface area contributed by atoms with E-state index in [2.05, 4.69) is 25.2 Å². The van der Waals surface area contributed by atoms with Gasteiger partial charge < -0.3 is 14.4 Å². The zero-order chi connectivity index (χ0) is 16.9. The number of rotatable bonds is 6. The van der Waals surface area contributed by atoms with Gasteiger partial charge in [0.2, 0.25) is 5.91 Å². The molecule has 0 aliphatic heterocycles. The van der Waals surface area contributed by atoms with E-state index in [0.717, 1.165) is 22.8 Å². The molecule has 0 radical (unpaired) electrons. The Kier molecular flexibility index (Phi) is 5.27. The normalized spacial score (nSPS) is 15.6. The summed E-state index contributed by atoms with van der Waals surface area (Å²) >= 11 is 0. The fraction of sp³-hybridized carbons (Fsp3) is 0.647. The molecule has 24 heavy (non-hydrogen) atoms. The van der Waals surface area contributed by atoms with E-state index in [4.69, 9.17) is 4.52 Å². The first-order valence-corrected chi connectivity index (χ1v) is 8.72. The van der Waals surface area contributed by atoms with E-state index in [1.807, 2.05) is 13.8 Å². The summed E-state index contributed by atoms with van der Waals surface area (Å²) in [6.07, 6.45) is 9.02. The quantitative estimate of drug-likeness (QED) is 0.879. The van der Waals surface area contributed by atoms with Crippen LogP contribution in [-0.2, 0) is 17.8 Å². The topological polar surface area (TPSA) is 85.8 Å². The number of nitrogens with one attached hydrogen (secondary N) is 1. The minimum Gasteiger partial charge on any atom is -0.361 e. The summed E-state index contributed by atoms with van der Waals surface area (Å²) in [5.41, 5.74) is 1.88. The zero-order valence-corrected chi connectivity index (χ0v) is 14.4. The van der Waals surface area contributed by atoms with Crippen LogP contribution in [-0.4, -0.2) is 25.8 Å². The number of nitrogens with zero attached hydrogens (tertiary/aromatic N) is 4. The Morgan fingerprint density at radius 1 is 1.33 bits per heavy atom. The minimum absolute atomic E-state index is 0.00759. The van der Waals surface area contributed by atoms with Crippen molar-refractivity contribution in [3.05, 3.63) is 29.2 Å². The molecule has 0 unspecified atom stereocenters. The molecule has 0 atom stereocenters. The summed E-state index contributed by atoms with van der Waals surface area (Å²) in [5, 5.41) is 15.1. The number of amides is 1. The Morgan fingerprint density at radius 2 is 2.12 bits per heavy atom. The molecule has 1 fully saturated rings. The van der Waals surface area contributed by atoms with Crippen molar-refractivity contribution < 1.29 is 9.32 Å². The third-order valence-corrected chi connectivity index (χ3v) is 4.84. The fourth-order valence-corrected chi connectivity index (χ4v) is 3.42. The first-order valence-electron chi connectivity index (χ1n) is 8.72. The van der Waals surface area contributed by atoms with Gasteiger partial charge in [-0.15, -0.1) is 10.2 Å².